The lowest BCUT2D eigenvalue weighted by Crippen LogP contribution is -2.39. The quantitative estimate of drug-likeness (QED) is 0.907. The third-order valence-electron chi connectivity index (χ3n) is 3.79. The van der Waals surface area contributed by atoms with Gasteiger partial charge in [0, 0.05) is 13.1 Å². The predicted octanol–water partition coefficient (Wildman–Crippen LogP) is 2.24. The van der Waals surface area contributed by atoms with Crippen LogP contribution in [0.2, 0.25) is 0 Å². The first-order valence-electron chi connectivity index (χ1n) is 6.86. The Hall–Kier alpha value is -2.17. The van der Waals surface area contributed by atoms with Crippen molar-refractivity contribution in [1.29, 1.82) is 0 Å². The summed E-state index contributed by atoms with van der Waals surface area (Å²) in [6, 6.07) is 7.75. The first-order chi connectivity index (χ1) is 9.65. The van der Waals surface area contributed by atoms with Gasteiger partial charge in [0.2, 0.25) is 0 Å². The van der Waals surface area contributed by atoms with Crippen LogP contribution in [-0.2, 0) is 4.79 Å². The van der Waals surface area contributed by atoms with Crippen molar-refractivity contribution >= 4 is 22.8 Å². The molecule has 0 aliphatic carbocycles. The topological polar surface area (TPSA) is 66.3 Å². The van der Waals surface area contributed by atoms with Gasteiger partial charge in [0.05, 0.1) is 22.6 Å². The second-order valence-corrected chi connectivity index (χ2v) is 5.24. The molecule has 1 atom stereocenters. The number of carbonyl (C=O) groups is 1. The first kappa shape index (κ1) is 12.8. The lowest BCUT2D eigenvalue weighted by atomic mass is 9.98. The zero-order valence-corrected chi connectivity index (χ0v) is 11.4. The van der Waals surface area contributed by atoms with Crippen LogP contribution < -0.4 is 4.90 Å². The van der Waals surface area contributed by atoms with Gasteiger partial charge < -0.3 is 10.0 Å². The van der Waals surface area contributed by atoms with Crippen LogP contribution in [0.4, 0.5) is 5.82 Å². The molecule has 2 aromatic rings. The second kappa shape index (κ2) is 5.07. The van der Waals surface area contributed by atoms with Gasteiger partial charge in [0.1, 0.15) is 0 Å². The number of anilines is 1. The maximum Gasteiger partial charge on any atom is 0.308 e. The van der Waals surface area contributed by atoms with Gasteiger partial charge in [-0.15, -0.1) is 0 Å². The Morgan fingerprint density at radius 1 is 1.30 bits per heavy atom. The van der Waals surface area contributed by atoms with Crippen molar-refractivity contribution in [3.63, 3.8) is 0 Å². The minimum Gasteiger partial charge on any atom is -0.481 e. The number of para-hydroxylation sites is 2. The average molecular weight is 271 g/mol. The second-order valence-electron chi connectivity index (χ2n) is 5.24. The Morgan fingerprint density at radius 2 is 2.00 bits per heavy atom. The maximum absolute atomic E-state index is 11.2. The van der Waals surface area contributed by atoms with Gasteiger partial charge in [-0.25, -0.2) is 9.97 Å². The van der Waals surface area contributed by atoms with Crippen LogP contribution in [0.15, 0.2) is 24.3 Å². The minimum absolute atomic E-state index is 0.309. The molecule has 20 heavy (non-hydrogen) atoms. The van der Waals surface area contributed by atoms with Crippen molar-refractivity contribution in [2.75, 3.05) is 18.0 Å². The Bertz CT molecular complexity index is 657. The molecular weight excluding hydrogens is 254 g/mol. The fraction of sp³-hybridized carbons (Fsp3) is 0.400. The van der Waals surface area contributed by atoms with E-state index >= 15 is 0 Å². The van der Waals surface area contributed by atoms with E-state index < -0.39 is 5.97 Å². The molecule has 0 radical (unpaired) electrons. The van der Waals surface area contributed by atoms with E-state index in [0.29, 0.717) is 6.54 Å². The highest BCUT2D eigenvalue weighted by molar-refractivity contribution is 5.77. The summed E-state index contributed by atoms with van der Waals surface area (Å²) in [5.74, 6) is -0.216. The monoisotopic (exact) mass is 271 g/mol. The highest BCUT2D eigenvalue weighted by Gasteiger charge is 2.27. The zero-order valence-electron chi connectivity index (χ0n) is 11.4. The highest BCUT2D eigenvalue weighted by atomic mass is 16.4. The van der Waals surface area contributed by atoms with E-state index in [0.717, 1.165) is 41.9 Å². The number of carboxylic acid groups (broad SMARTS) is 1. The summed E-state index contributed by atoms with van der Waals surface area (Å²) >= 11 is 0. The van der Waals surface area contributed by atoms with Crippen LogP contribution in [0.5, 0.6) is 0 Å². The van der Waals surface area contributed by atoms with Crippen LogP contribution in [0.1, 0.15) is 18.5 Å². The Labute approximate surface area is 117 Å². The number of rotatable bonds is 2. The summed E-state index contributed by atoms with van der Waals surface area (Å²) in [6.07, 6.45) is 1.62. The molecule has 1 aromatic carbocycles. The van der Waals surface area contributed by atoms with Crippen molar-refractivity contribution in [3.05, 3.63) is 30.0 Å². The molecule has 1 aliphatic heterocycles. The van der Waals surface area contributed by atoms with Gasteiger partial charge in [-0.05, 0) is 31.9 Å². The minimum atomic E-state index is -0.721. The van der Waals surface area contributed by atoms with Gasteiger partial charge in [-0.2, -0.15) is 0 Å². The molecule has 1 aliphatic rings. The number of aliphatic carboxylic acids is 1. The van der Waals surface area contributed by atoms with E-state index in [1.54, 1.807) is 0 Å². The fourth-order valence-corrected chi connectivity index (χ4v) is 2.75. The van der Waals surface area contributed by atoms with Crippen LogP contribution in [0, 0.1) is 12.8 Å². The number of hydrogen-bond acceptors (Lipinski definition) is 4. The van der Waals surface area contributed by atoms with Crippen LogP contribution in [-0.4, -0.2) is 34.1 Å². The molecule has 2 heterocycles. The molecule has 104 valence electrons. The Balaban J connectivity index is 1.96. The number of carboxylic acids is 1. The van der Waals surface area contributed by atoms with E-state index in [1.165, 1.54) is 0 Å². The van der Waals surface area contributed by atoms with Gasteiger partial charge in [0.25, 0.3) is 0 Å². The van der Waals surface area contributed by atoms with E-state index in [-0.39, 0.29) is 5.92 Å². The van der Waals surface area contributed by atoms with E-state index in [4.69, 9.17) is 0 Å². The van der Waals surface area contributed by atoms with E-state index in [2.05, 4.69) is 14.9 Å². The van der Waals surface area contributed by atoms with Crippen molar-refractivity contribution in [2.24, 2.45) is 5.92 Å². The molecule has 0 amide bonds. The molecule has 3 rings (SSSR count). The molecule has 5 heteroatoms. The zero-order chi connectivity index (χ0) is 14.1. The van der Waals surface area contributed by atoms with Crippen molar-refractivity contribution < 1.29 is 9.90 Å². The van der Waals surface area contributed by atoms with Crippen molar-refractivity contribution in [2.45, 2.75) is 19.8 Å². The summed E-state index contributed by atoms with van der Waals surface area (Å²) in [5.41, 5.74) is 2.58. The molecule has 1 aromatic heterocycles. The summed E-state index contributed by atoms with van der Waals surface area (Å²) in [5, 5.41) is 9.18. The highest BCUT2D eigenvalue weighted by Crippen LogP contribution is 2.25. The molecule has 1 N–H and O–H groups in total. The predicted molar refractivity (Wildman–Crippen MR) is 76.8 cm³/mol. The standard InChI is InChI=1S/C15H17N3O2/c1-10-14(17-13-7-3-2-6-12(13)16-10)18-8-4-5-11(9-18)15(19)20/h2-3,6-7,11H,4-5,8-9H2,1H3,(H,19,20). The van der Waals surface area contributed by atoms with Gasteiger partial charge in [0.15, 0.2) is 5.82 Å². The number of fused-ring (bicyclic) bond motifs is 1. The fourth-order valence-electron chi connectivity index (χ4n) is 2.75. The third-order valence-corrected chi connectivity index (χ3v) is 3.79. The maximum atomic E-state index is 11.2. The number of hydrogen-bond donors (Lipinski definition) is 1. The average Bonchev–Trinajstić information content (AvgIpc) is 2.46. The van der Waals surface area contributed by atoms with E-state index in [1.807, 2.05) is 31.2 Å². The number of aryl methyl sites for hydroxylation is 1. The summed E-state index contributed by atoms with van der Waals surface area (Å²) in [7, 11) is 0. The lowest BCUT2D eigenvalue weighted by Gasteiger charge is -2.32. The molecule has 5 nitrogen and oxygen atoms in total. The lowest BCUT2D eigenvalue weighted by molar-refractivity contribution is -0.141. The van der Waals surface area contributed by atoms with Crippen LogP contribution >= 0.6 is 0 Å². The number of aromatic nitrogens is 2. The summed E-state index contributed by atoms with van der Waals surface area (Å²) in [6.45, 7) is 3.29. The van der Waals surface area contributed by atoms with Gasteiger partial charge in [-0.3, -0.25) is 4.79 Å². The van der Waals surface area contributed by atoms with Gasteiger partial charge >= 0.3 is 5.97 Å². The molecule has 0 saturated carbocycles. The van der Waals surface area contributed by atoms with Crippen molar-refractivity contribution in [1.82, 2.24) is 9.97 Å². The van der Waals surface area contributed by atoms with E-state index in [9.17, 15) is 9.90 Å². The number of nitrogens with zero attached hydrogens (tertiary/aromatic N) is 3. The number of piperidine rings is 1. The number of benzene rings is 1. The third kappa shape index (κ3) is 2.31. The smallest absolute Gasteiger partial charge is 0.308 e. The normalized spacial score (nSPS) is 19.2. The molecule has 0 spiro atoms. The summed E-state index contributed by atoms with van der Waals surface area (Å²) in [4.78, 5) is 22.5. The Kier molecular flexibility index (Phi) is 3.26. The molecule has 0 bridgehead atoms. The largest absolute Gasteiger partial charge is 0.481 e. The summed E-state index contributed by atoms with van der Waals surface area (Å²) < 4.78 is 0. The van der Waals surface area contributed by atoms with Gasteiger partial charge in [-0.1, -0.05) is 12.1 Å². The van der Waals surface area contributed by atoms with Crippen molar-refractivity contribution in [3.8, 4) is 0 Å². The molecule has 1 fully saturated rings. The van der Waals surface area contributed by atoms with Crippen LogP contribution in [0.25, 0.3) is 11.0 Å². The molecule has 1 unspecified atom stereocenters. The van der Waals surface area contributed by atoms with Crippen LogP contribution in [0.3, 0.4) is 0 Å². The SMILES string of the molecule is Cc1nc2ccccc2nc1N1CCCC(C(=O)O)C1. The molecular formula is C15H17N3O2. The first-order valence-corrected chi connectivity index (χ1v) is 6.86. The Morgan fingerprint density at radius 3 is 2.70 bits per heavy atom. The molecule has 1 saturated heterocycles.